The van der Waals surface area contributed by atoms with Gasteiger partial charge in [-0.05, 0) is 24.5 Å². The zero-order valence-electron chi connectivity index (χ0n) is 37.8. The quantitative estimate of drug-likeness (QED) is 0.0250. The molecule has 0 saturated carbocycles. The summed E-state index contributed by atoms with van der Waals surface area (Å²) in [5, 5.41) is 31.9. The van der Waals surface area contributed by atoms with Crippen molar-refractivity contribution in [2.24, 2.45) is 5.73 Å². The van der Waals surface area contributed by atoms with E-state index in [1.807, 2.05) is 16.0 Å². The van der Waals surface area contributed by atoms with E-state index in [1.165, 1.54) is 17.5 Å². The number of carboxylic acid groups (broad SMARTS) is 2. The Labute approximate surface area is 397 Å². The van der Waals surface area contributed by atoms with Gasteiger partial charge in [-0.25, -0.2) is 26.3 Å². The molecule has 0 aromatic heterocycles. The number of halogens is 6. The Morgan fingerprint density at radius 1 is 0.652 bits per heavy atom. The molecule has 0 aliphatic carbocycles. The fourth-order valence-corrected chi connectivity index (χ4v) is 5.65. The van der Waals surface area contributed by atoms with E-state index in [0.717, 1.165) is 34.1 Å². The van der Waals surface area contributed by atoms with E-state index in [9.17, 15) is 74.3 Å². The second-order valence-corrected chi connectivity index (χ2v) is 17.2. The topological polar surface area (TPSA) is 313 Å². The summed E-state index contributed by atoms with van der Waals surface area (Å²) in [5.41, 5.74) is 3.21. The number of hydrogen-bond donors (Lipinski definition) is 9. The van der Waals surface area contributed by atoms with Gasteiger partial charge in [0.25, 0.3) is 0 Å². The normalized spacial score (nSPS) is 12.3. The second-order valence-electron chi connectivity index (χ2n) is 14.8. The van der Waals surface area contributed by atoms with Crippen molar-refractivity contribution in [2.45, 2.75) is 101 Å². The summed E-state index contributed by atoms with van der Waals surface area (Å²) in [4.78, 5) is 125. The fraction of sp³-hybridized carbons (Fsp3) is 0.476. The number of primary amides is 1. The van der Waals surface area contributed by atoms with Crippen molar-refractivity contribution in [2.75, 3.05) is 26.7 Å². The van der Waals surface area contributed by atoms with Crippen LogP contribution in [0.25, 0.3) is 0 Å². The van der Waals surface area contributed by atoms with E-state index >= 15 is 0 Å². The SMILES string of the molecule is CCCCC(=O)N[C@@H](CCC(=O)O)C(=O)NCC(=O)N(C)CC(=O)N[C@@H](Cc1c(F)c(F)c(F)c(F)c1F)C(=O)N[C@@H](Cc1ccccc1F)C(=O)NCC(=O)NC(CC(=O)O)C(N)=O.CC[Se]C. The molecule has 0 saturated heterocycles. The first-order chi connectivity index (χ1) is 32.4. The summed E-state index contributed by atoms with van der Waals surface area (Å²) in [7, 11) is 1.000. The number of benzene rings is 2. The number of nitrogens with two attached hydrogens (primary N) is 1. The van der Waals surface area contributed by atoms with Gasteiger partial charge < -0.3 is 52.7 Å². The van der Waals surface area contributed by atoms with Crippen molar-refractivity contribution in [1.82, 2.24) is 36.8 Å². The minimum atomic E-state index is -2.57. The number of carboxylic acids is 2. The molecule has 69 heavy (non-hydrogen) atoms. The van der Waals surface area contributed by atoms with Gasteiger partial charge in [-0.2, -0.15) is 0 Å². The Balaban J connectivity index is 0.00000571. The van der Waals surface area contributed by atoms with Crippen LogP contribution in [0.15, 0.2) is 24.3 Å². The maximum atomic E-state index is 14.9. The fourth-order valence-electron chi connectivity index (χ4n) is 5.65. The van der Waals surface area contributed by atoms with Gasteiger partial charge in [0.05, 0.1) is 26.1 Å². The minimum absolute atomic E-state index is 0.0171. The molecule has 10 N–H and O–H groups in total. The van der Waals surface area contributed by atoms with Crippen LogP contribution in [0, 0.1) is 34.9 Å². The number of unbranched alkanes of at least 4 members (excludes halogenated alkanes) is 1. The summed E-state index contributed by atoms with van der Waals surface area (Å²) >= 11 is 0.917. The molecule has 2 aromatic rings. The van der Waals surface area contributed by atoms with Crippen molar-refractivity contribution in [3.8, 4) is 0 Å². The van der Waals surface area contributed by atoms with Crippen LogP contribution < -0.4 is 37.6 Å². The molecule has 0 bridgehead atoms. The third-order valence-electron chi connectivity index (χ3n) is 9.42. The molecule has 0 spiro atoms. The van der Waals surface area contributed by atoms with E-state index < -0.39 is 169 Å². The van der Waals surface area contributed by atoms with Crippen molar-refractivity contribution < 1.29 is 84.5 Å². The van der Waals surface area contributed by atoms with Gasteiger partial charge in [-0.3, -0.25) is 47.9 Å². The third kappa shape index (κ3) is 21.4. The molecule has 382 valence electrons. The second kappa shape index (κ2) is 30.6. The molecule has 8 amide bonds. The predicted octanol–water partition coefficient (Wildman–Crippen LogP) is 0.128. The number of likely N-dealkylation sites (N-methyl/N-ethyl adjacent to an activating group) is 1. The summed E-state index contributed by atoms with van der Waals surface area (Å²) < 4.78 is 86.9. The number of carbonyl (C=O) groups excluding carboxylic acids is 8. The van der Waals surface area contributed by atoms with Crippen LogP contribution in [0.5, 0.6) is 0 Å². The van der Waals surface area contributed by atoms with Gasteiger partial charge in [0.15, 0.2) is 23.3 Å². The molecule has 0 heterocycles. The van der Waals surface area contributed by atoms with Gasteiger partial charge in [0.1, 0.15) is 30.0 Å². The van der Waals surface area contributed by atoms with Crippen LogP contribution in [-0.4, -0.2) is 140 Å². The van der Waals surface area contributed by atoms with Gasteiger partial charge >= 0.3 is 45.0 Å². The van der Waals surface area contributed by atoms with E-state index in [-0.39, 0.29) is 18.4 Å². The molecule has 1 unspecified atom stereocenters. The predicted molar refractivity (Wildman–Crippen MR) is 231 cm³/mol. The zero-order chi connectivity index (χ0) is 52.5. The molecule has 2 aromatic carbocycles. The first kappa shape index (κ1) is 60.3. The molecular formula is C42H54F6N8O12Se. The maximum absolute atomic E-state index is 14.9. The van der Waals surface area contributed by atoms with E-state index in [0.29, 0.717) is 17.7 Å². The van der Waals surface area contributed by atoms with Gasteiger partial charge in [0.2, 0.25) is 53.1 Å². The Hall–Kier alpha value is -6.76. The molecule has 2 rings (SSSR count). The molecule has 20 nitrogen and oxygen atoms in total. The van der Waals surface area contributed by atoms with Crippen molar-refractivity contribution in [1.29, 1.82) is 0 Å². The molecule has 27 heteroatoms. The third-order valence-corrected chi connectivity index (χ3v) is 10.6. The van der Waals surface area contributed by atoms with Crippen LogP contribution in [-0.2, 0) is 60.8 Å². The summed E-state index contributed by atoms with van der Waals surface area (Å²) in [6.07, 6.45) is -3.00. The summed E-state index contributed by atoms with van der Waals surface area (Å²) in [6.45, 7) is 1.12. The molecular weight excluding hydrogens is 1000 g/mol. The molecule has 0 aliphatic heterocycles. The Kier molecular flexibility index (Phi) is 26.7. The summed E-state index contributed by atoms with van der Waals surface area (Å²) in [6, 6.07) is -2.75. The van der Waals surface area contributed by atoms with Crippen LogP contribution in [0.3, 0.4) is 0 Å². The average Bonchev–Trinajstić information content (AvgIpc) is 3.29. The number of nitrogens with one attached hydrogen (secondary N) is 6. The van der Waals surface area contributed by atoms with E-state index in [1.54, 1.807) is 6.92 Å². The molecule has 4 atom stereocenters. The molecule has 0 radical (unpaired) electrons. The van der Waals surface area contributed by atoms with Crippen molar-refractivity contribution in [3.63, 3.8) is 0 Å². The molecule has 0 aliphatic rings. The van der Waals surface area contributed by atoms with E-state index in [2.05, 4.69) is 28.7 Å². The van der Waals surface area contributed by atoms with Gasteiger partial charge in [-0.15, -0.1) is 0 Å². The Bertz CT molecular complexity index is 2160. The van der Waals surface area contributed by atoms with Crippen LogP contribution in [0.2, 0.25) is 11.1 Å². The molecule has 0 fully saturated rings. The number of carbonyl (C=O) groups is 10. The number of amides is 8. The first-order valence-corrected chi connectivity index (χ1v) is 23.7. The van der Waals surface area contributed by atoms with Crippen LogP contribution in [0.1, 0.15) is 63.5 Å². The number of rotatable bonds is 27. The average molecular weight is 1060 g/mol. The standard InChI is InChI=1S/C39H46F6N8O12.C3H8Se/c1-3-4-9-25(54)49-21(10-11-29(58)59)37(63)48-16-28(57)53(2)17-27(56)51-24(13-19-31(41)33(43)35(45)34(44)32(19)42)39(65)52-23(12-18-7-5-6-8-20(18)40)38(64)47-15-26(55)50-22(36(46)62)14-30(60)61;1-3-4-2/h5-8,21-24H,3-4,9-17H2,1-2H3,(H2,46,62)(H,47,64)(H,48,63)(H,49,54)(H,50,55)(H,51,56)(H,52,65)(H,58,59)(H,60,61);3H2,1-2H3/t21-,22?,23-,24-;/m0./s1. The van der Waals surface area contributed by atoms with Crippen molar-refractivity contribution >= 4 is 74.2 Å². The monoisotopic (exact) mass is 1060 g/mol. The zero-order valence-corrected chi connectivity index (χ0v) is 39.5. The first-order valence-electron chi connectivity index (χ1n) is 20.8. The van der Waals surface area contributed by atoms with Crippen LogP contribution >= 0.6 is 0 Å². The Morgan fingerprint density at radius 2 is 1.17 bits per heavy atom. The summed E-state index contributed by atoms with van der Waals surface area (Å²) in [5.74, 6) is -23.0. The van der Waals surface area contributed by atoms with E-state index in [4.69, 9.17) is 15.9 Å². The van der Waals surface area contributed by atoms with Gasteiger partial charge in [-0.1, -0.05) is 31.5 Å². The Morgan fingerprint density at radius 3 is 1.71 bits per heavy atom. The van der Waals surface area contributed by atoms with Crippen molar-refractivity contribution in [3.05, 3.63) is 70.3 Å². The van der Waals surface area contributed by atoms with Gasteiger partial charge in [0, 0.05) is 38.3 Å². The number of aliphatic carboxylic acids is 2. The number of hydrogen-bond acceptors (Lipinski definition) is 10. The number of nitrogens with zero attached hydrogens (tertiary/aromatic N) is 1. The van der Waals surface area contributed by atoms with Crippen LogP contribution in [0.4, 0.5) is 26.3 Å².